The van der Waals surface area contributed by atoms with E-state index >= 15 is 0 Å². The van der Waals surface area contributed by atoms with E-state index in [4.69, 9.17) is 24.3 Å². The molecule has 0 saturated carbocycles. The zero-order valence-electron chi connectivity index (χ0n) is 61.6. The van der Waals surface area contributed by atoms with Crippen LogP contribution in [-0.4, -0.2) is 49.3 Å². The molecule has 0 aliphatic carbocycles. The molecule has 0 bridgehead atoms. The largest absolute Gasteiger partial charge is 0.472 e. The second-order valence-corrected chi connectivity index (χ2v) is 30.2. The molecular weight excluding hydrogens is 1150 g/mol. The first-order valence-corrected chi connectivity index (χ1v) is 43.0. The molecule has 0 aromatic heterocycles. The van der Waals surface area contributed by atoms with Crippen LogP contribution < -0.4 is 5.73 Å². The number of hydrogen-bond donors (Lipinski definition) is 2. The predicted molar refractivity (Wildman–Crippen MR) is 395 cm³/mol. The fraction of sp³-hybridized carbons (Fsp3) is 0.975. The van der Waals surface area contributed by atoms with Crippen molar-refractivity contribution in [1.82, 2.24) is 0 Å². The molecule has 91 heavy (non-hydrogen) atoms. The molecule has 0 aliphatic rings. The molecule has 544 valence electrons. The first-order valence-electron chi connectivity index (χ1n) is 41.5. The van der Waals surface area contributed by atoms with E-state index in [1.165, 1.54) is 411 Å². The van der Waals surface area contributed by atoms with Gasteiger partial charge in [-0.2, -0.15) is 0 Å². The Morgan fingerprint density at radius 3 is 0.670 bits per heavy atom. The van der Waals surface area contributed by atoms with E-state index < -0.39 is 26.5 Å². The molecule has 10 heteroatoms. The third-order valence-electron chi connectivity index (χ3n) is 19.5. The molecule has 2 unspecified atom stereocenters. The average molecular weight is 1310 g/mol. The average Bonchev–Trinajstić information content (AvgIpc) is 3.71. The zero-order chi connectivity index (χ0) is 65.8. The summed E-state index contributed by atoms with van der Waals surface area (Å²) >= 11 is 0. The lowest BCUT2D eigenvalue weighted by Gasteiger charge is -2.19. The molecular formula is C81H162NO8P. The van der Waals surface area contributed by atoms with E-state index in [-0.39, 0.29) is 32.1 Å². The van der Waals surface area contributed by atoms with Gasteiger partial charge in [0, 0.05) is 19.4 Å². The summed E-state index contributed by atoms with van der Waals surface area (Å²) in [4.78, 5) is 35.5. The highest BCUT2D eigenvalue weighted by Gasteiger charge is 2.26. The topological polar surface area (TPSA) is 134 Å². The first kappa shape index (κ1) is 90.0. The molecule has 0 amide bonds. The standard InChI is InChI=1S/C81H162NO8P/c1-3-5-7-9-11-13-15-17-19-21-23-25-27-29-31-33-35-36-37-38-39-40-41-42-44-46-48-50-52-54-56-58-60-62-64-66-68-70-72-74-81(84)90-79(78-89-91(85,86)88-76-75-82)77-87-80(83)73-71-69-67-65-63-61-59-57-55-53-51-49-47-45-43-34-32-30-28-26-24-22-20-18-16-14-12-10-8-6-4-2/h79H,3-78,82H2,1-2H3,(H,85,86). The van der Waals surface area contributed by atoms with E-state index in [0.717, 1.165) is 32.1 Å². The van der Waals surface area contributed by atoms with Gasteiger partial charge >= 0.3 is 19.8 Å². The summed E-state index contributed by atoms with van der Waals surface area (Å²) in [5.74, 6) is -0.793. The van der Waals surface area contributed by atoms with Crippen molar-refractivity contribution >= 4 is 19.8 Å². The number of unbranched alkanes of at least 4 members (excludes halogenated alkanes) is 68. The Kier molecular flexibility index (Phi) is 77.2. The van der Waals surface area contributed by atoms with Crippen molar-refractivity contribution in [3.63, 3.8) is 0 Å². The lowest BCUT2D eigenvalue weighted by molar-refractivity contribution is -0.161. The summed E-state index contributed by atoms with van der Waals surface area (Å²) in [6, 6.07) is 0. The molecule has 0 radical (unpaired) electrons. The third-order valence-corrected chi connectivity index (χ3v) is 20.5. The number of carbonyl (C=O) groups excluding carboxylic acids is 2. The molecule has 0 rings (SSSR count). The van der Waals surface area contributed by atoms with E-state index in [1.54, 1.807) is 0 Å². The van der Waals surface area contributed by atoms with Crippen LogP contribution in [0.25, 0.3) is 0 Å². The van der Waals surface area contributed by atoms with Gasteiger partial charge in [0.25, 0.3) is 0 Å². The highest BCUT2D eigenvalue weighted by atomic mass is 31.2. The summed E-state index contributed by atoms with van der Waals surface area (Å²) in [5.41, 5.74) is 5.42. The fourth-order valence-corrected chi connectivity index (χ4v) is 14.1. The monoisotopic (exact) mass is 1310 g/mol. The third kappa shape index (κ3) is 77.9. The van der Waals surface area contributed by atoms with Crippen molar-refractivity contribution in [2.24, 2.45) is 5.73 Å². The van der Waals surface area contributed by atoms with Gasteiger partial charge in [0.05, 0.1) is 13.2 Å². The smallest absolute Gasteiger partial charge is 0.462 e. The molecule has 0 aromatic rings. The number of nitrogens with two attached hydrogens (primary N) is 1. The minimum atomic E-state index is -4.39. The first-order chi connectivity index (χ1) is 44.8. The molecule has 0 fully saturated rings. The molecule has 0 aromatic carbocycles. The minimum Gasteiger partial charge on any atom is -0.462 e. The Bertz CT molecular complexity index is 1450. The Hall–Kier alpha value is -0.990. The van der Waals surface area contributed by atoms with Crippen molar-refractivity contribution in [3.05, 3.63) is 0 Å². The van der Waals surface area contributed by atoms with E-state index in [9.17, 15) is 19.0 Å². The number of hydrogen-bond acceptors (Lipinski definition) is 8. The van der Waals surface area contributed by atoms with Gasteiger partial charge in [0.2, 0.25) is 0 Å². The Morgan fingerprint density at radius 2 is 0.473 bits per heavy atom. The van der Waals surface area contributed by atoms with Crippen LogP contribution in [0.15, 0.2) is 0 Å². The van der Waals surface area contributed by atoms with Gasteiger partial charge in [-0.05, 0) is 12.8 Å². The van der Waals surface area contributed by atoms with E-state index in [2.05, 4.69) is 13.8 Å². The second kappa shape index (κ2) is 78.0. The number of phosphoric acid groups is 1. The molecule has 0 heterocycles. The highest BCUT2D eigenvalue weighted by molar-refractivity contribution is 7.47. The normalized spacial score (nSPS) is 12.7. The van der Waals surface area contributed by atoms with Crippen molar-refractivity contribution < 1.29 is 37.6 Å². The maximum Gasteiger partial charge on any atom is 0.472 e. The van der Waals surface area contributed by atoms with Gasteiger partial charge < -0.3 is 20.1 Å². The Morgan fingerprint density at radius 1 is 0.286 bits per heavy atom. The lowest BCUT2D eigenvalue weighted by atomic mass is 10.0. The Balaban J connectivity index is 3.70. The SMILES string of the molecule is CCCCCCCCCCCCCCCCCCCCCCCCCCCCCCCCCCCCCCCCCC(=O)OC(COC(=O)CCCCCCCCCCCCCCCCCCCCCCCCCCCCCCCCC)COP(=O)(O)OCCN. The molecule has 9 nitrogen and oxygen atoms in total. The molecule has 0 aliphatic heterocycles. The van der Waals surface area contributed by atoms with Gasteiger partial charge in [-0.1, -0.05) is 450 Å². The summed E-state index contributed by atoms with van der Waals surface area (Å²) in [7, 11) is -4.39. The molecule has 3 N–H and O–H groups in total. The van der Waals surface area contributed by atoms with Crippen LogP contribution in [0.3, 0.4) is 0 Å². The van der Waals surface area contributed by atoms with Gasteiger partial charge in [0.15, 0.2) is 6.10 Å². The fourth-order valence-electron chi connectivity index (χ4n) is 13.4. The summed E-state index contributed by atoms with van der Waals surface area (Å²) in [6.07, 6.45) is 95.6. The van der Waals surface area contributed by atoms with Crippen LogP contribution in [0.2, 0.25) is 0 Å². The van der Waals surface area contributed by atoms with Gasteiger partial charge in [-0.25, -0.2) is 4.57 Å². The summed E-state index contributed by atoms with van der Waals surface area (Å²) in [5, 5.41) is 0. The maximum atomic E-state index is 12.8. The van der Waals surface area contributed by atoms with Crippen LogP contribution in [0, 0.1) is 0 Å². The number of esters is 2. The van der Waals surface area contributed by atoms with E-state index in [1.807, 2.05) is 0 Å². The number of carbonyl (C=O) groups is 2. The van der Waals surface area contributed by atoms with Crippen molar-refractivity contribution in [1.29, 1.82) is 0 Å². The Labute approximate surface area is 568 Å². The second-order valence-electron chi connectivity index (χ2n) is 28.7. The van der Waals surface area contributed by atoms with Gasteiger partial charge in [-0.15, -0.1) is 0 Å². The summed E-state index contributed by atoms with van der Waals surface area (Å²) < 4.78 is 33.3. The van der Waals surface area contributed by atoms with Crippen molar-refractivity contribution in [2.45, 2.75) is 482 Å². The lowest BCUT2D eigenvalue weighted by Crippen LogP contribution is -2.29. The highest BCUT2D eigenvalue weighted by Crippen LogP contribution is 2.43. The molecule has 2 atom stereocenters. The number of rotatable bonds is 81. The predicted octanol–water partition coefficient (Wildman–Crippen LogP) is 27.7. The summed E-state index contributed by atoms with van der Waals surface area (Å²) in [6.45, 7) is 3.86. The zero-order valence-corrected chi connectivity index (χ0v) is 62.5. The van der Waals surface area contributed by atoms with Crippen LogP contribution in [0.1, 0.15) is 476 Å². The van der Waals surface area contributed by atoms with Crippen molar-refractivity contribution in [3.8, 4) is 0 Å². The van der Waals surface area contributed by atoms with E-state index in [0.29, 0.717) is 12.8 Å². The molecule has 0 spiro atoms. The number of phosphoric ester groups is 1. The van der Waals surface area contributed by atoms with Crippen LogP contribution >= 0.6 is 7.82 Å². The van der Waals surface area contributed by atoms with Crippen molar-refractivity contribution in [2.75, 3.05) is 26.4 Å². The van der Waals surface area contributed by atoms with Gasteiger partial charge in [0.1, 0.15) is 6.61 Å². The quantitative estimate of drug-likeness (QED) is 0.0347. The maximum absolute atomic E-state index is 12.8. The molecule has 0 saturated heterocycles. The van der Waals surface area contributed by atoms with Crippen LogP contribution in [-0.2, 0) is 32.7 Å². The minimum absolute atomic E-state index is 0.0590. The van der Waals surface area contributed by atoms with Crippen LogP contribution in [0.4, 0.5) is 0 Å². The van der Waals surface area contributed by atoms with Crippen LogP contribution in [0.5, 0.6) is 0 Å². The number of ether oxygens (including phenoxy) is 2. The van der Waals surface area contributed by atoms with Gasteiger partial charge in [-0.3, -0.25) is 18.6 Å².